The molecule has 52 heavy (non-hydrogen) atoms. The van der Waals surface area contributed by atoms with E-state index in [1.54, 1.807) is 0 Å². The molecule has 0 aliphatic rings. The maximum Gasteiger partial charge on any atom is 0.0640 e. The van der Waals surface area contributed by atoms with Gasteiger partial charge in [-0.1, -0.05) is 170 Å². The van der Waals surface area contributed by atoms with E-state index in [2.05, 4.69) is 205 Å². The van der Waals surface area contributed by atoms with Gasteiger partial charge in [-0.3, -0.25) is 0 Å². The van der Waals surface area contributed by atoms with Gasteiger partial charge in [-0.2, -0.15) is 0 Å². The van der Waals surface area contributed by atoms with Crippen LogP contribution in [0.2, 0.25) is 0 Å². The molecule has 1 nitrogen and oxygen atoms in total. The van der Waals surface area contributed by atoms with E-state index < -0.39 is 0 Å². The van der Waals surface area contributed by atoms with Crippen LogP contribution < -0.4 is 4.90 Å². The smallest absolute Gasteiger partial charge is 0.0640 e. The Kier molecular flexibility index (Phi) is 7.41. The van der Waals surface area contributed by atoms with Crippen molar-refractivity contribution in [2.45, 2.75) is 0 Å². The average molecular weight is 680 g/mol. The molecular weight excluding hydrogens is 647 g/mol. The van der Waals surface area contributed by atoms with E-state index in [9.17, 15) is 0 Å². The van der Waals surface area contributed by atoms with Gasteiger partial charge in [0, 0.05) is 26.8 Å². The third-order valence-electron chi connectivity index (χ3n) is 10.3. The lowest BCUT2D eigenvalue weighted by Gasteiger charge is -2.27. The second kappa shape index (κ2) is 12.7. The molecule has 2 heteroatoms. The summed E-state index contributed by atoms with van der Waals surface area (Å²) in [7, 11) is 0. The lowest BCUT2D eigenvalue weighted by atomic mass is 9.93. The van der Waals surface area contributed by atoms with Crippen LogP contribution in [0.5, 0.6) is 0 Å². The summed E-state index contributed by atoms with van der Waals surface area (Å²) in [5, 5.41) is 7.67. The Morgan fingerprint density at radius 3 is 1.63 bits per heavy atom. The molecule has 0 fully saturated rings. The molecule has 1 aromatic heterocycles. The molecule has 10 rings (SSSR count). The standard InChI is InChI=1S/C50H33NS/c1-3-13-34(14-4-1)43-32-30-40(33-47(43)36-15-5-2-6-16-36)51(39-28-25-38(26-29-39)42-22-11-19-35-17-7-9-20-41(35)42)48-24-12-23-45-46-31-27-37-18-8-10-21-44(37)49(46)52-50(45)48/h1-33H. The van der Waals surface area contributed by atoms with Gasteiger partial charge >= 0.3 is 0 Å². The summed E-state index contributed by atoms with van der Waals surface area (Å²) < 4.78 is 2.61. The first-order valence-electron chi connectivity index (χ1n) is 17.8. The zero-order valence-electron chi connectivity index (χ0n) is 28.4. The highest BCUT2D eigenvalue weighted by atomic mass is 32.1. The van der Waals surface area contributed by atoms with Gasteiger partial charge in [-0.25, -0.2) is 0 Å². The zero-order chi connectivity index (χ0) is 34.4. The third kappa shape index (κ3) is 5.16. The largest absolute Gasteiger partial charge is 0.309 e. The van der Waals surface area contributed by atoms with Crippen LogP contribution in [0.25, 0.3) is 75.1 Å². The van der Waals surface area contributed by atoms with Crippen molar-refractivity contribution >= 4 is 70.1 Å². The molecule has 9 aromatic carbocycles. The Balaban J connectivity index is 1.21. The molecule has 0 saturated heterocycles. The summed E-state index contributed by atoms with van der Waals surface area (Å²) in [4.78, 5) is 2.45. The zero-order valence-corrected chi connectivity index (χ0v) is 29.2. The van der Waals surface area contributed by atoms with E-state index >= 15 is 0 Å². The first kappa shape index (κ1) is 30.4. The van der Waals surface area contributed by atoms with Crippen molar-refractivity contribution in [1.82, 2.24) is 0 Å². The summed E-state index contributed by atoms with van der Waals surface area (Å²) in [6, 6.07) is 72.9. The van der Waals surface area contributed by atoms with Gasteiger partial charge in [0.2, 0.25) is 0 Å². The van der Waals surface area contributed by atoms with E-state index in [-0.39, 0.29) is 0 Å². The second-order valence-electron chi connectivity index (χ2n) is 13.3. The Hall–Kier alpha value is -6.48. The summed E-state index contributed by atoms with van der Waals surface area (Å²) in [5.74, 6) is 0. The third-order valence-corrected chi connectivity index (χ3v) is 11.5. The molecule has 0 N–H and O–H groups in total. The average Bonchev–Trinajstić information content (AvgIpc) is 3.62. The van der Waals surface area contributed by atoms with E-state index in [4.69, 9.17) is 0 Å². The number of rotatable bonds is 6. The van der Waals surface area contributed by atoms with Crippen LogP contribution >= 0.6 is 11.3 Å². The summed E-state index contributed by atoms with van der Waals surface area (Å²) in [6.07, 6.45) is 0. The Morgan fingerprint density at radius 2 is 0.865 bits per heavy atom. The van der Waals surface area contributed by atoms with Gasteiger partial charge in [0.25, 0.3) is 0 Å². The minimum absolute atomic E-state index is 1.12. The van der Waals surface area contributed by atoms with Crippen molar-refractivity contribution in [2.24, 2.45) is 0 Å². The number of nitrogens with zero attached hydrogens (tertiary/aromatic N) is 1. The van der Waals surface area contributed by atoms with Crippen molar-refractivity contribution < 1.29 is 0 Å². The van der Waals surface area contributed by atoms with Crippen LogP contribution in [0, 0.1) is 0 Å². The number of thiophene rings is 1. The topological polar surface area (TPSA) is 3.24 Å². The number of anilines is 3. The lowest BCUT2D eigenvalue weighted by Crippen LogP contribution is -2.10. The van der Waals surface area contributed by atoms with E-state index in [1.807, 2.05) is 11.3 Å². The normalized spacial score (nSPS) is 11.5. The fourth-order valence-electron chi connectivity index (χ4n) is 7.78. The molecule has 0 spiro atoms. The van der Waals surface area contributed by atoms with Gasteiger partial charge in [-0.05, 0) is 85.3 Å². The predicted molar refractivity (Wildman–Crippen MR) is 225 cm³/mol. The molecule has 10 aromatic rings. The van der Waals surface area contributed by atoms with Gasteiger partial charge in [0.05, 0.1) is 10.4 Å². The maximum absolute atomic E-state index is 2.45. The second-order valence-corrected chi connectivity index (χ2v) is 14.3. The summed E-state index contributed by atoms with van der Waals surface area (Å²) in [5.41, 5.74) is 10.7. The minimum Gasteiger partial charge on any atom is -0.309 e. The minimum atomic E-state index is 1.12. The quantitative estimate of drug-likeness (QED) is 0.169. The first-order valence-corrected chi connectivity index (χ1v) is 18.6. The van der Waals surface area contributed by atoms with Gasteiger partial charge < -0.3 is 4.90 Å². The van der Waals surface area contributed by atoms with Crippen LogP contribution in [0.1, 0.15) is 0 Å². The lowest BCUT2D eigenvalue weighted by molar-refractivity contribution is 1.30. The van der Waals surface area contributed by atoms with Crippen molar-refractivity contribution in [3.05, 3.63) is 200 Å². The number of hydrogen-bond donors (Lipinski definition) is 0. The summed E-state index contributed by atoms with van der Waals surface area (Å²) >= 11 is 1.90. The molecule has 0 bridgehead atoms. The maximum atomic E-state index is 2.45. The fraction of sp³-hybridized carbons (Fsp3) is 0. The predicted octanol–water partition coefficient (Wildman–Crippen LogP) is 14.8. The van der Waals surface area contributed by atoms with Gasteiger partial charge in [-0.15, -0.1) is 11.3 Å². The fourth-order valence-corrected chi connectivity index (χ4v) is 9.12. The van der Waals surface area contributed by atoms with Crippen LogP contribution in [0.3, 0.4) is 0 Å². The van der Waals surface area contributed by atoms with Crippen molar-refractivity contribution in [3.8, 4) is 33.4 Å². The highest BCUT2D eigenvalue weighted by Gasteiger charge is 2.21. The molecule has 0 aliphatic heterocycles. The molecule has 0 radical (unpaired) electrons. The Labute approximate surface area is 307 Å². The van der Waals surface area contributed by atoms with Crippen LogP contribution in [-0.4, -0.2) is 0 Å². The molecule has 244 valence electrons. The molecule has 0 aliphatic carbocycles. The van der Waals surface area contributed by atoms with E-state index in [1.165, 1.54) is 80.8 Å². The Morgan fingerprint density at radius 1 is 0.308 bits per heavy atom. The van der Waals surface area contributed by atoms with Crippen LogP contribution in [-0.2, 0) is 0 Å². The van der Waals surface area contributed by atoms with Crippen molar-refractivity contribution in [3.63, 3.8) is 0 Å². The molecule has 0 atom stereocenters. The van der Waals surface area contributed by atoms with Gasteiger partial charge in [0.1, 0.15) is 0 Å². The van der Waals surface area contributed by atoms with Crippen LogP contribution in [0.15, 0.2) is 200 Å². The van der Waals surface area contributed by atoms with Gasteiger partial charge in [0.15, 0.2) is 0 Å². The molecule has 0 saturated carbocycles. The first-order chi connectivity index (χ1) is 25.8. The van der Waals surface area contributed by atoms with E-state index in [0.29, 0.717) is 0 Å². The number of hydrogen-bond acceptors (Lipinski definition) is 2. The molecule has 1 heterocycles. The molecule has 0 amide bonds. The van der Waals surface area contributed by atoms with Crippen molar-refractivity contribution in [2.75, 3.05) is 4.90 Å². The molecule has 0 unspecified atom stereocenters. The highest BCUT2D eigenvalue weighted by Crippen LogP contribution is 2.48. The summed E-state index contributed by atoms with van der Waals surface area (Å²) in [6.45, 7) is 0. The molecular formula is C50H33NS. The monoisotopic (exact) mass is 679 g/mol. The van der Waals surface area contributed by atoms with Crippen LogP contribution in [0.4, 0.5) is 17.1 Å². The van der Waals surface area contributed by atoms with Crippen molar-refractivity contribution in [1.29, 1.82) is 0 Å². The highest BCUT2D eigenvalue weighted by molar-refractivity contribution is 7.27. The number of benzene rings is 9. The Bertz CT molecular complexity index is 2880. The number of fused-ring (bicyclic) bond motifs is 6. The SMILES string of the molecule is c1ccc(-c2ccc(N(c3ccc(-c4cccc5ccccc45)cc3)c3cccc4c3sc3c5ccccc5ccc43)cc2-c2ccccc2)cc1. The van der Waals surface area contributed by atoms with E-state index in [0.717, 1.165) is 11.4 Å².